The van der Waals surface area contributed by atoms with Crippen LogP contribution in [0.5, 0.6) is 0 Å². The summed E-state index contributed by atoms with van der Waals surface area (Å²) >= 11 is 0. The average molecular weight is 154 g/mol. The topological polar surface area (TPSA) is 29.3 Å². The summed E-state index contributed by atoms with van der Waals surface area (Å²) in [4.78, 5) is 0. The van der Waals surface area contributed by atoms with Crippen molar-refractivity contribution in [2.24, 2.45) is 17.7 Å². The molecule has 1 aliphatic carbocycles. The largest absolute Gasteiger partial charge is 0.269 e. The van der Waals surface area contributed by atoms with E-state index < -0.39 is 0 Å². The Morgan fingerprint density at radius 3 is 2.91 bits per heavy atom. The molecular formula is C9H18N2. The molecule has 2 heteroatoms. The standard InChI is InChI=1S/C9H18N2/c1-7-2-3-8-4-5-11(10)9(8)6-7/h7-9H,2-6,10H2,1H3. The average Bonchev–Trinajstić information content (AvgIpc) is 2.33. The molecule has 1 saturated heterocycles. The second-order valence-corrected chi connectivity index (χ2v) is 4.27. The predicted molar refractivity (Wildman–Crippen MR) is 45.8 cm³/mol. The normalized spacial score (nSPS) is 45.8. The summed E-state index contributed by atoms with van der Waals surface area (Å²) < 4.78 is 0. The lowest BCUT2D eigenvalue weighted by atomic mass is 9.80. The van der Waals surface area contributed by atoms with Gasteiger partial charge in [-0.05, 0) is 31.1 Å². The van der Waals surface area contributed by atoms with E-state index >= 15 is 0 Å². The molecule has 0 radical (unpaired) electrons. The van der Waals surface area contributed by atoms with Gasteiger partial charge in [0.05, 0.1) is 0 Å². The quantitative estimate of drug-likeness (QED) is 0.534. The number of nitrogens with two attached hydrogens (primary N) is 1. The molecule has 2 rings (SSSR count). The van der Waals surface area contributed by atoms with Crippen molar-refractivity contribution < 1.29 is 0 Å². The molecule has 1 aliphatic heterocycles. The summed E-state index contributed by atoms with van der Waals surface area (Å²) in [5.41, 5.74) is 0. The minimum Gasteiger partial charge on any atom is -0.269 e. The molecule has 2 N–H and O–H groups in total. The highest BCUT2D eigenvalue weighted by molar-refractivity contribution is 4.88. The van der Waals surface area contributed by atoms with Crippen LogP contribution < -0.4 is 5.84 Å². The highest BCUT2D eigenvalue weighted by Gasteiger charge is 2.36. The first-order chi connectivity index (χ1) is 5.27. The number of nitrogens with zero attached hydrogens (tertiary/aromatic N) is 1. The third-order valence-electron chi connectivity index (χ3n) is 3.40. The maximum atomic E-state index is 5.88. The number of hydrogen-bond acceptors (Lipinski definition) is 2. The summed E-state index contributed by atoms with van der Waals surface area (Å²) in [6.07, 6.45) is 5.52. The van der Waals surface area contributed by atoms with Crippen LogP contribution in [0.1, 0.15) is 32.6 Å². The van der Waals surface area contributed by atoms with Gasteiger partial charge in [-0.25, -0.2) is 5.01 Å². The summed E-state index contributed by atoms with van der Waals surface area (Å²) in [5.74, 6) is 7.72. The Labute approximate surface area is 68.7 Å². The summed E-state index contributed by atoms with van der Waals surface area (Å²) in [6, 6.07) is 0.721. The minimum absolute atomic E-state index is 0.721. The van der Waals surface area contributed by atoms with Gasteiger partial charge in [-0.1, -0.05) is 13.3 Å². The molecule has 3 unspecified atom stereocenters. The Morgan fingerprint density at radius 2 is 2.09 bits per heavy atom. The van der Waals surface area contributed by atoms with Crippen molar-refractivity contribution in [2.45, 2.75) is 38.6 Å². The van der Waals surface area contributed by atoms with E-state index in [1.807, 2.05) is 0 Å². The molecule has 0 aromatic carbocycles. The van der Waals surface area contributed by atoms with Gasteiger partial charge in [0.15, 0.2) is 0 Å². The monoisotopic (exact) mass is 154 g/mol. The third kappa shape index (κ3) is 1.30. The Kier molecular flexibility index (Phi) is 1.90. The molecule has 11 heavy (non-hydrogen) atoms. The van der Waals surface area contributed by atoms with Crippen molar-refractivity contribution in [1.29, 1.82) is 0 Å². The van der Waals surface area contributed by atoms with Crippen LogP contribution in [0, 0.1) is 11.8 Å². The molecule has 64 valence electrons. The predicted octanol–water partition coefficient (Wildman–Crippen LogP) is 1.37. The van der Waals surface area contributed by atoms with Crippen LogP contribution in [0.3, 0.4) is 0 Å². The molecule has 2 fully saturated rings. The first-order valence-corrected chi connectivity index (χ1v) is 4.78. The zero-order chi connectivity index (χ0) is 7.84. The van der Waals surface area contributed by atoms with E-state index in [0.29, 0.717) is 0 Å². The van der Waals surface area contributed by atoms with E-state index in [-0.39, 0.29) is 0 Å². The van der Waals surface area contributed by atoms with E-state index in [9.17, 15) is 0 Å². The Hall–Kier alpha value is -0.0800. The van der Waals surface area contributed by atoms with Crippen LogP contribution >= 0.6 is 0 Å². The van der Waals surface area contributed by atoms with Crippen LogP contribution in [0.15, 0.2) is 0 Å². The number of fused-ring (bicyclic) bond motifs is 1. The molecule has 2 nitrogen and oxygen atoms in total. The molecule has 0 amide bonds. The summed E-state index contributed by atoms with van der Waals surface area (Å²) in [6.45, 7) is 3.48. The fraction of sp³-hybridized carbons (Fsp3) is 1.00. The van der Waals surface area contributed by atoms with Crippen LogP contribution in [0.2, 0.25) is 0 Å². The molecule has 2 aliphatic rings. The molecule has 1 saturated carbocycles. The van der Waals surface area contributed by atoms with Crippen molar-refractivity contribution in [3.63, 3.8) is 0 Å². The van der Waals surface area contributed by atoms with Crippen LogP contribution in [0.25, 0.3) is 0 Å². The van der Waals surface area contributed by atoms with Gasteiger partial charge in [0, 0.05) is 12.6 Å². The van der Waals surface area contributed by atoms with E-state index in [1.54, 1.807) is 0 Å². The maximum absolute atomic E-state index is 5.88. The van der Waals surface area contributed by atoms with Crippen LogP contribution in [0.4, 0.5) is 0 Å². The Balaban J connectivity index is 2.01. The highest BCUT2D eigenvalue weighted by atomic mass is 15.4. The van der Waals surface area contributed by atoms with Gasteiger partial charge in [-0.3, -0.25) is 5.84 Å². The maximum Gasteiger partial charge on any atom is 0.0272 e. The van der Waals surface area contributed by atoms with Crippen molar-refractivity contribution in [3.05, 3.63) is 0 Å². The first kappa shape index (κ1) is 7.56. The fourth-order valence-electron chi connectivity index (χ4n) is 2.64. The highest BCUT2D eigenvalue weighted by Crippen LogP contribution is 2.36. The van der Waals surface area contributed by atoms with Gasteiger partial charge >= 0.3 is 0 Å². The van der Waals surface area contributed by atoms with Crippen LogP contribution in [-0.4, -0.2) is 17.6 Å². The lowest BCUT2D eigenvalue weighted by Crippen LogP contribution is -2.41. The third-order valence-corrected chi connectivity index (χ3v) is 3.40. The van der Waals surface area contributed by atoms with Crippen molar-refractivity contribution in [1.82, 2.24) is 5.01 Å². The second kappa shape index (κ2) is 2.76. The molecule has 0 bridgehead atoms. The summed E-state index contributed by atoms with van der Waals surface area (Å²) in [5, 5.41) is 2.07. The lowest BCUT2D eigenvalue weighted by Gasteiger charge is -2.32. The Morgan fingerprint density at radius 1 is 1.27 bits per heavy atom. The van der Waals surface area contributed by atoms with Gasteiger partial charge in [0.25, 0.3) is 0 Å². The zero-order valence-electron chi connectivity index (χ0n) is 7.29. The fourth-order valence-corrected chi connectivity index (χ4v) is 2.64. The molecule has 0 spiro atoms. The lowest BCUT2D eigenvalue weighted by molar-refractivity contribution is 0.155. The zero-order valence-corrected chi connectivity index (χ0v) is 7.29. The molecule has 3 atom stereocenters. The summed E-state index contributed by atoms with van der Waals surface area (Å²) in [7, 11) is 0. The van der Waals surface area contributed by atoms with E-state index in [4.69, 9.17) is 5.84 Å². The van der Waals surface area contributed by atoms with E-state index in [1.165, 1.54) is 25.7 Å². The van der Waals surface area contributed by atoms with Gasteiger partial charge in [-0.15, -0.1) is 0 Å². The van der Waals surface area contributed by atoms with Gasteiger partial charge < -0.3 is 0 Å². The smallest absolute Gasteiger partial charge is 0.0272 e. The molecule has 1 heterocycles. The SMILES string of the molecule is CC1CCC2CCN(N)C2C1. The van der Waals surface area contributed by atoms with Crippen molar-refractivity contribution in [2.75, 3.05) is 6.54 Å². The number of hydrogen-bond donors (Lipinski definition) is 1. The van der Waals surface area contributed by atoms with Gasteiger partial charge in [-0.2, -0.15) is 0 Å². The molecular weight excluding hydrogens is 136 g/mol. The van der Waals surface area contributed by atoms with Crippen LogP contribution in [-0.2, 0) is 0 Å². The van der Waals surface area contributed by atoms with E-state index in [2.05, 4.69) is 11.9 Å². The Bertz CT molecular complexity index is 146. The van der Waals surface area contributed by atoms with Crippen molar-refractivity contribution >= 4 is 0 Å². The van der Waals surface area contributed by atoms with Gasteiger partial charge in [0.1, 0.15) is 0 Å². The van der Waals surface area contributed by atoms with Gasteiger partial charge in [0.2, 0.25) is 0 Å². The number of rotatable bonds is 0. The first-order valence-electron chi connectivity index (χ1n) is 4.78. The number of hydrazine groups is 1. The molecule has 0 aromatic rings. The van der Waals surface area contributed by atoms with Crippen molar-refractivity contribution in [3.8, 4) is 0 Å². The minimum atomic E-state index is 0.721. The second-order valence-electron chi connectivity index (χ2n) is 4.27. The van der Waals surface area contributed by atoms with E-state index in [0.717, 1.165) is 24.4 Å². The molecule has 0 aromatic heterocycles.